The quantitative estimate of drug-likeness (QED) is 0.752. The summed E-state index contributed by atoms with van der Waals surface area (Å²) < 4.78 is 39.2. The SMILES string of the molecule is CCN1CC[C@H]2c3cc(S(=O)(=O)c4ccc(F)cc4)ccc3N(C)[C@H]2CC1. The molecule has 2 heterocycles. The molecule has 2 aromatic carbocycles. The Morgan fingerprint density at radius 1 is 1.04 bits per heavy atom. The maximum atomic E-state index is 13.2. The molecule has 1 saturated heterocycles. The second-order valence-corrected chi connectivity index (χ2v) is 9.42. The van der Waals surface area contributed by atoms with Gasteiger partial charge in [-0.3, -0.25) is 0 Å². The van der Waals surface area contributed by atoms with E-state index in [-0.39, 0.29) is 4.90 Å². The van der Waals surface area contributed by atoms with Crippen LogP contribution in [-0.4, -0.2) is 46.0 Å². The zero-order valence-corrected chi connectivity index (χ0v) is 16.5. The van der Waals surface area contributed by atoms with E-state index in [1.54, 1.807) is 6.07 Å². The summed E-state index contributed by atoms with van der Waals surface area (Å²) in [6, 6.07) is 10.9. The second kappa shape index (κ2) is 6.91. The van der Waals surface area contributed by atoms with Crippen LogP contribution in [0.15, 0.2) is 52.3 Å². The number of likely N-dealkylation sites (N-methyl/N-ethyl adjacent to an activating group) is 1. The van der Waals surface area contributed by atoms with Crippen LogP contribution in [0.2, 0.25) is 0 Å². The van der Waals surface area contributed by atoms with Gasteiger partial charge in [0.2, 0.25) is 9.84 Å². The monoisotopic (exact) mass is 388 g/mol. The van der Waals surface area contributed by atoms with Crippen LogP contribution in [0.5, 0.6) is 0 Å². The van der Waals surface area contributed by atoms with Crippen molar-refractivity contribution in [3.63, 3.8) is 0 Å². The lowest BCUT2D eigenvalue weighted by atomic mass is 9.91. The van der Waals surface area contributed by atoms with Crippen molar-refractivity contribution < 1.29 is 12.8 Å². The Kier molecular flexibility index (Phi) is 4.72. The van der Waals surface area contributed by atoms with Crippen LogP contribution in [-0.2, 0) is 9.84 Å². The summed E-state index contributed by atoms with van der Waals surface area (Å²) >= 11 is 0. The lowest BCUT2D eigenvalue weighted by Gasteiger charge is -2.25. The van der Waals surface area contributed by atoms with E-state index in [9.17, 15) is 12.8 Å². The normalized spacial score (nSPS) is 23.0. The fourth-order valence-electron chi connectivity index (χ4n) is 4.53. The Hall–Kier alpha value is -1.92. The Bertz CT molecular complexity index is 943. The number of fused-ring (bicyclic) bond motifs is 3. The molecule has 0 bridgehead atoms. The summed E-state index contributed by atoms with van der Waals surface area (Å²) in [4.78, 5) is 5.20. The largest absolute Gasteiger partial charge is 0.371 e. The standard InChI is InChI=1S/C21H25FN2O2S/c1-3-24-12-10-18-19-14-17(8-9-20(19)23(2)21(18)11-13-24)27(25,26)16-6-4-15(22)5-7-16/h4-9,14,18,21H,3,10-13H2,1-2H3/t18-,21-/m0/s1. The van der Waals surface area contributed by atoms with Crippen molar-refractivity contribution in [1.29, 1.82) is 0 Å². The fourth-order valence-corrected chi connectivity index (χ4v) is 5.83. The van der Waals surface area contributed by atoms with E-state index in [0.29, 0.717) is 16.9 Å². The fraction of sp³-hybridized carbons (Fsp3) is 0.429. The van der Waals surface area contributed by atoms with Gasteiger partial charge in [0.25, 0.3) is 0 Å². The lowest BCUT2D eigenvalue weighted by Crippen LogP contribution is -2.31. The van der Waals surface area contributed by atoms with Crippen LogP contribution in [0.4, 0.5) is 10.1 Å². The van der Waals surface area contributed by atoms with Gasteiger partial charge < -0.3 is 9.80 Å². The van der Waals surface area contributed by atoms with E-state index in [4.69, 9.17) is 0 Å². The molecule has 2 aliphatic rings. The first-order valence-corrected chi connectivity index (χ1v) is 11.0. The third kappa shape index (κ3) is 3.15. The predicted molar refractivity (Wildman–Crippen MR) is 105 cm³/mol. The number of likely N-dealkylation sites (tertiary alicyclic amines) is 1. The molecule has 0 unspecified atom stereocenters. The number of hydrogen-bond acceptors (Lipinski definition) is 4. The number of benzene rings is 2. The topological polar surface area (TPSA) is 40.6 Å². The van der Waals surface area contributed by atoms with Gasteiger partial charge >= 0.3 is 0 Å². The Morgan fingerprint density at radius 2 is 1.70 bits per heavy atom. The van der Waals surface area contributed by atoms with Crippen LogP contribution >= 0.6 is 0 Å². The third-order valence-electron chi connectivity index (χ3n) is 6.12. The molecule has 2 aliphatic heterocycles. The molecule has 1 fully saturated rings. The van der Waals surface area contributed by atoms with Crippen LogP contribution in [0, 0.1) is 5.82 Å². The number of rotatable bonds is 3. The minimum absolute atomic E-state index is 0.129. The number of anilines is 1. The molecule has 2 aromatic rings. The highest BCUT2D eigenvalue weighted by atomic mass is 32.2. The zero-order chi connectivity index (χ0) is 19.2. The maximum absolute atomic E-state index is 13.2. The first kappa shape index (κ1) is 18.4. The number of nitrogens with zero attached hydrogens (tertiary/aromatic N) is 2. The number of hydrogen-bond donors (Lipinski definition) is 0. The van der Waals surface area contributed by atoms with Gasteiger partial charge in [-0.2, -0.15) is 0 Å². The highest BCUT2D eigenvalue weighted by Gasteiger charge is 2.38. The molecule has 0 amide bonds. The van der Waals surface area contributed by atoms with Gasteiger partial charge in [0.1, 0.15) is 5.82 Å². The van der Waals surface area contributed by atoms with Gasteiger partial charge in [-0.1, -0.05) is 6.92 Å². The predicted octanol–water partition coefficient (Wildman–Crippen LogP) is 3.68. The van der Waals surface area contributed by atoms with E-state index in [0.717, 1.165) is 43.7 Å². The van der Waals surface area contributed by atoms with Crippen molar-refractivity contribution in [3.8, 4) is 0 Å². The lowest BCUT2D eigenvalue weighted by molar-refractivity contribution is 0.298. The minimum atomic E-state index is -3.65. The smallest absolute Gasteiger partial charge is 0.206 e. The van der Waals surface area contributed by atoms with Crippen molar-refractivity contribution in [1.82, 2.24) is 4.90 Å². The van der Waals surface area contributed by atoms with E-state index >= 15 is 0 Å². The van der Waals surface area contributed by atoms with Gasteiger partial charge in [0.15, 0.2) is 0 Å². The molecule has 6 heteroatoms. The Labute approximate surface area is 160 Å². The van der Waals surface area contributed by atoms with Crippen molar-refractivity contribution in [3.05, 3.63) is 53.8 Å². The molecule has 4 rings (SSSR count). The Morgan fingerprint density at radius 3 is 2.41 bits per heavy atom. The van der Waals surface area contributed by atoms with Crippen LogP contribution in [0.1, 0.15) is 31.2 Å². The summed E-state index contributed by atoms with van der Waals surface area (Å²) in [6.45, 7) is 5.36. The summed E-state index contributed by atoms with van der Waals surface area (Å²) in [5, 5.41) is 0. The summed E-state index contributed by atoms with van der Waals surface area (Å²) in [5.41, 5.74) is 2.26. The molecule has 0 aromatic heterocycles. The van der Waals surface area contributed by atoms with Gasteiger partial charge in [-0.15, -0.1) is 0 Å². The first-order chi connectivity index (χ1) is 12.9. The molecule has 27 heavy (non-hydrogen) atoms. The van der Waals surface area contributed by atoms with Crippen LogP contribution in [0.25, 0.3) is 0 Å². The molecule has 0 spiro atoms. The minimum Gasteiger partial charge on any atom is -0.371 e. The molecule has 2 atom stereocenters. The van der Waals surface area contributed by atoms with E-state index in [1.165, 1.54) is 24.3 Å². The summed E-state index contributed by atoms with van der Waals surface area (Å²) in [6.07, 6.45) is 2.12. The summed E-state index contributed by atoms with van der Waals surface area (Å²) in [7, 11) is -1.54. The zero-order valence-electron chi connectivity index (χ0n) is 15.7. The van der Waals surface area contributed by atoms with Gasteiger partial charge in [-0.05, 0) is 74.0 Å². The first-order valence-electron chi connectivity index (χ1n) is 9.51. The summed E-state index contributed by atoms with van der Waals surface area (Å²) in [5.74, 6) is -0.0868. The van der Waals surface area contributed by atoms with Gasteiger partial charge in [-0.25, -0.2) is 12.8 Å². The number of sulfone groups is 1. The molecule has 0 radical (unpaired) electrons. The van der Waals surface area contributed by atoms with Crippen LogP contribution in [0.3, 0.4) is 0 Å². The molecule has 0 N–H and O–H groups in total. The van der Waals surface area contributed by atoms with Crippen LogP contribution < -0.4 is 4.90 Å². The van der Waals surface area contributed by atoms with Crippen molar-refractivity contribution in [2.75, 3.05) is 31.6 Å². The van der Waals surface area contributed by atoms with Crippen molar-refractivity contribution in [2.45, 2.75) is 41.5 Å². The van der Waals surface area contributed by atoms with Gasteiger partial charge in [0.05, 0.1) is 9.79 Å². The van der Waals surface area contributed by atoms with Crippen molar-refractivity contribution >= 4 is 15.5 Å². The average molecular weight is 389 g/mol. The molecular formula is C21H25FN2O2S. The van der Waals surface area contributed by atoms with Gasteiger partial charge in [0, 0.05) is 31.2 Å². The molecule has 0 saturated carbocycles. The van der Waals surface area contributed by atoms with Crippen molar-refractivity contribution in [2.24, 2.45) is 0 Å². The second-order valence-electron chi connectivity index (χ2n) is 7.47. The maximum Gasteiger partial charge on any atom is 0.206 e. The average Bonchev–Trinajstić information content (AvgIpc) is 2.82. The number of halogens is 1. The third-order valence-corrected chi connectivity index (χ3v) is 7.89. The molecule has 4 nitrogen and oxygen atoms in total. The van der Waals surface area contributed by atoms with E-state index < -0.39 is 15.7 Å². The highest BCUT2D eigenvalue weighted by Crippen LogP contribution is 2.45. The van der Waals surface area contributed by atoms with E-state index in [2.05, 4.69) is 23.8 Å². The Balaban J connectivity index is 1.72. The molecule has 144 valence electrons. The molecular weight excluding hydrogens is 363 g/mol. The van der Waals surface area contributed by atoms with E-state index in [1.807, 2.05) is 12.1 Å². The molecule has 0 aliphatic carbocycles. The highest BCUT2D eigenvalue weighted by molar-refractivity contribution is 7.91.